The molecule has 2 aromatic carbocycles. The number of carbonyl (C=O) groups is 2. The lowest BCUT2D eigenvalue weighted by Gasteiger charge is -2.06. The quantitative estimate of drug-likeness (QED) is 0.337. The fourth-order valence-electron chi connectivity index (χ4n) is 3.10. The van der Waals surface area contributed by atoms with E-state index in [1.807, 2.05) is 42.5 Å². The highest BCUT2D eigenvalue weighted by atomic mass is 32.2. The van der Waals surface area contributed by atoms with Crippen LogP contribution in [0.15, 0.2) is 53.7 Å². The Morgan fingerprint density at radius 1 is 1.11 bits per heavy atom. The number of aromatic nitrogens is 2. The van der Waals surface area contributed by atoms with Gasteiger partial charge in [0.1, 0.15) is 0 Å². The maximum atomic E-state index is 12.6. The molecule has 0 aliphatic carbocycles. The minimum absolute atomic E-state index is 0.00459. The van der Waals surface area contributed by atoms with E-state index < -0.39 is 0 Å². The molecule has 1 aromatic heterocycles. The molecule has 3 rings (SSSR count). The Morgan fingerprint density at radius 3 is 2.57 bits per heavy atom. The van der Waals surface area contributed by atoms with Gasteiger partial charge in [0.2, 0.25) is 5.91 Å². The van der Waals surface area contributed by atoms with E-state index in [1.54, 1.807) is 0 Å². The molecular formula is C22H25N3O2S. The lowest BCUT2D eigenvalue weighted by atomic mass is 10.1. The predicted octanol–water partition coefficient (Wildman–Crippen LogP) is 4.10. The van der Waals surface area contributed by atoms with Crippen LogP contribution in [0.3, 0.4) is 0 Å². The Morgan fingerprint density at radius 2 is 1.86 bits per heavy atom. The second-order valence-corrected chi connectivity index (χ2v) is 7.57. The topological polar surface area (TPSA) is 64.0 Å². The number of hydrogen-bond donors (Lipinski definition) is 1. The van der Waals surface area contributed by atoms with Crippen molar-refractivity contribution in [2.75, 3.05) is 12.3 Å². The smallest absolute Gasteiger partial charge is 0.216 e. The summed E-state index contributed by atoms with van der Waals surface area (Å²) >= 11 is 1.49. The van der Waals surface area contributed by atoms with Gasteiger partial charge >= 0.3 is 0 Å². The van der Waals surface area contributed by atoms with Gasteiger partial charge in [-0.05, 0) is 37.5 Å². The predicted molar refractivity (Wildman–Crippen MR) is 114 cm³/mol. The normalized spacial score (nSPS) is 10.9. The van der Waals surface area contributed by atoms with Crippen molar-refractivity contribution in [3.63, 3.8) is 0 Å². The molecule has 3 aromatic rings. The third-order valence-electron chi connectivity index (χ3n) is 4.56. The van der Waals surface area contributed by atoms with E-state index >= 15 is 0 Å². The number of rotatable bonds is 9. The van der Waals surface area contributed by atoms with Gasteiger partial charge in [-0.1, -0.05) is 48.2 Å². The number of thioether (sulfide) groups is 1. The summed E-state index contributed by atoms with van der Waals surface area (Å²) in [6.45, 7) is 5.11. The largest absolute Gasteiger partial charge is 0.356 e. The Hall–Kier alpha value is -2.60. The third-order valence-corrected chi connectivity index (χ3v) is 5.54. The summed E-state index contributed by atoms with van der Waals surface area (Å²) in [6.07, 6.45) is 1.76. The SMILES string of the molecule is CCn1c(SCC(=O)c2ccc(CCCNC(C)=O)cc2)nc2ccccc21. The molecule has 0 spiro atoms. The Kier molecular flexibility index (Phi) is 6.87. The molecule has 0 saturated heterocycles. The van der Waals surface area contributed by atoms with E-state index in [2.05, 4.69) is 27.9 Å². The zero-order chi connectivity index (χ0) is 19.9. The first-order valence-corrected chi connectivity index (χ1v) is 10.5. The van der Waals surface area contributed by atoms with Crippen LogP contribution in [0, 0.1) is 0 Å². The minimum Gasteiger partial charge on any atom is -0.356 e. The van der Waals surface area contributed by atoms with Gasteiger partial charge in [-0.2, -0.15) is 0 Å². The number of nitrogens with one attached hydrogen (secondary N) is 1. The molecule has 0 aliphatic heterocycles. The van der Waals surface area contributed by atoms with Crippen LogP contribution in [-0.2, 0) is 17.8 Å². The maximum absolute atomic E-state index is 12.6. The third kappa shape index (κ3) is 5.01. The van der Waals surface area contributed by atoms with E-state index in [-0.39, 0.29) is 11.7 Å². The summed E-state index contributed by atoms with van der Waals surface area (Å²) in [6, 6.07) is 15.8. The van der Waals surface area contributed by atoms with Crippen LogP contribution >= 0.6 is 11.8 Å². The van der Waals surface area contributed by atoms with Gasteiger partial charge in [-0.3, -0.25) is 9.59 Å². The van der Waals surface area contributed by atoms with Gasteiger partial charge in [0.05, 0.1) is 16.8 Å². The molecule has 0 aliphatic rings. The van der Waals surface area contributed by atoms with Crippen LogP contribution in [-0.4, -0.2) is 33.5 Å². The zero-order valence-corrected chi connectivity index (χ0v) is 17.1. The monoisotopic (exact) mass is 395 g/mol. The Bertz CT molecular complexity index is 964. The van der Waals surface area contributed by atoms with E-state index in [1.165, 1.54) is 24.2 Å². The maximum Gasteiger partial charge on any atom is 0.216 e. The van der Waals surface area contributed by atoms with Crippen LogP contribution in [0.2, 0.25) is 0 Å². The number of para-hydroxylation sites is 2. The molecule has 1 N–H and O–H groups in total. The molecule has 0 saturated carbocycles. The number of imidazole rings is 1. The van der Waals surface area contributed by atoms with Crippen LogP contribution in [0.25, 0.3) is 11.0 Å². The van der Waals surface area contributed by atoms with E-state index in [9.17, 15) is 9.59 Å². The fourth-order valence-corrected chi connectivity index (χ4v) is 4.07. The lowest BCUT2D eigenvalue weighted by Crippen LogP contribution is -2.21. The van der Waals surface area contributed by atoms with Crippen molar-refractivity contribution in [3.8, 4) is 0 Å². The number of benzene rings is 2. The Labute approximate surface area is 169 Å². The van der Waals surface area contributed by atoms with Crippen molar-refractivity contribution in [1.29, 1.82) is 0 Å². The summed E-state index contributed by atoms with van der Waals surface area (Å²) in [4.78, 5) is 28.1. The number of fused-ring (bicyclic) bond motifs is 1. The van der Waals surface area contributed by atoms with Crippen LogP contribution < -0.4 is 5.32 Å². The van der Waals surface area contributed by atoms with Crippen LogP contribution in [0.4, 0.5) is 0 Å². The lowest BCUT2D eigenvalue weighted by molar-refractivity contribution is -0.118. The van der Waals surface area contributed by atoms with Gasteiger partial charge < -0.3 is 9.88 Å². The summed E-state index contributed by atoms with van der Waals surface area (Å²) in [7, 11) is 0. The molecule has 1 amide bonds. The first-order valence-electron chi connectivity index (χ1n) is 9.53. The number of nitrogens with zero attached hydrogens (tertiary/aromatic N) is 2. The molecule has 1 heterocycles. The van der Waals surface area contributed by atoms with Crippen molar-refractivity contribution < 1.29 is 9.59 Å². The van der Waals surface area contributed by atoms with Crippen molar-refractivity contribution in [2.45, 2.75) is 38.4 Å². The van der Waals surface area contributed by atoms with Gasteiger partial charge in [-0.15, -0.1) is 0 Å². The van der Waals surface area contributed by atoms with Crippen molar-refractivity contribution >= 4 is 34.5 Å². The highest BCUT2D eigenvalue weighted by molar-refractivity contribution is 7.99. The number of amides is 1. The number of carbonyl (C=O) groups excluding carboxylic acids is 2. The molecule has 0 unspecified atom stereocenters. The molecular weight excluding hydrogens is 370 g/mol. The highest BCUT2D eigenvalue weighted by Crippen LogP contribution is 2.24. The first kappa shape index (κ1) is 20.1. The number of hydrogen-bond acceptors (Lipinski definition) is 4. The van der Waals surface area contributed by atoms with E-state index in [0.29, 0.717) is 12.3 Å². The minimum atomic E-state index is -0.00459. The molecule has 0 radical (unpaired) electrons. The summed E-state index contributed by atoms with van der Waals surface area (Å²) in [5, 5.41) is 3.67. The second kappa shape index (κ2) is 9.55. The van der Waals surface area contributed by atoms with E-state index in [4.69, 9.17) is 0 Å². The molecule has 0 bridgehead atoms. The highest BCUT2D eigenvalue weighted by Gasteiger charge is 2.13. The molecule has 146 valence electrons. The van der Waals surface area contributed by atoms with Gasteiger partial charge in [0.25, 0.3) is 0 Å². The molecule has 5 nitrogen and oxygen atoms in total. The molecule has 6 heteroatoms. The van der Waals surface area contributed by atoms with Crippen LogP contribution in [0.1, 0.15) is 36.2 Å². The van der Waals surface area contributed by atoms with Crippen LogP contribution in [0.5, 0.6) is 0 Å². The number of aryl methyl sites for hydroxylation is 2. The van der Waals surface area contributed by atoms with E-state index in [0.717, 1.165) is 41.1 Å². The summed E-state index contributed by atoms with van der Waals surface area (Å²) < 4.78 is 2.14. The average Bonchev–Trinajstić information content (AvgIpc) is 3.07. The molecule has 0 fully saturated rings. The summed E-state index contributed by atoms with van der Waals surface area (Å²) in [5.74, 6) is 0.463. The van der Waals surface area contributed by atoms with Gasteiger partial charge in [-0.25, -0.2) is 4.98 Å². The molecule has 0 atom stereocenters. The number of ketones is 1. The standard InChI is InChI=1S/C22H25N3O2S/c1-3-25-20-9-5-4-8-19(20)24-22(25)28-15-21(27)18-12-10-17(11-13-18)7-6-14-23-16(2)26/h4-5,8-13H,3,6-7,14-15H2,1-2H3,(H,23,26). The van der Waals surface area contributed by atoms with Gasteiger partial charge in [0.15, 0.2) is 10.9 Å². The first-order chi connectivity index (χ1) is 13.6. The van der Waals surface area contributed by atoms with Gasteiger partial charge in [0, 0.05) is 25.6 Å². The van der Waals surface area contributed by atoms with Crippen molar-refractivity contribution in [1.82, 2.24) is 14.9 Å². The van der Waals surface area contributed by atoms with Crippen molar-refractivity contribution in [3.05, 3.63) is 59.7 Å². The number of Topliss-reactive ketones (excluding diaryl/α,β-unsaturated/α-hetero) is 1. The fraction of sp³-hybridized carbons (Fsp3) is 0.318. The Balaban J connectivity index is 1.57. The second-order valence-electron chi connectivity index (χ2n) is 6.62. The summed E-state index contributed by atoms with van der Waals surface area (Å²) in [5.41, 5.74) is 3.95. The van der Waals surface area contributed by atoms with Crippen molar-refractivity contribution in [2.24, 2.45) is 0 Å². The average molecular weight is 396 g/mol. The molecule has 28 heavy (non-hydrogen) atoms. The zero-order valence-electron chi connectivity index (χ0n) is 16.3.